The Morgan fingerprint density at radius 2 is 0.642 bits per heavy atom. The third-order valence-electron chi connectivity index (χ3n) is 21.8. The quantitative estimate of drug-likeness (QED) is 0.0953. The molecule has 22 aromatic rings. The molecule has 22 rings (SSSR count). The van der Waals surface area contributed by atoms with E-state index in [0.717, 1.165) is 111 Å². The lowest BCUT2D eigenvalue weighted by atomic mass is 10.0. The number of furan rings is 1. The van der Waals surface area contributed by atoms with Gasteiger partial charge in [-0.3, -0.25) is 0 Å². The van der Waals surface area contributed by atoms with Gasteiger partial charge in [0.1, 0.15) is 11.2 Å². The van der Waals surface area contributed by atoms with Gasteiger partial charge in [0, 0.05) is 96.9 Å². The SMILES string of the molecule is c1ccc(-c2ccc3c(c2)c2cc4sc5ccccc5c4cc2n3-c2ccc(-c3nc(-c4ccccc4)c4ccccc4n3)cc2)cc1.c1ccc(-c2nc(-c3ccc(-n4c5ccc([Si](c6ccccc6)(c6ccccc6)c6ccccc6)cc5c5cc6oc7ccccc7c6cc54)cc3)nc3ccccc23)cc1. The Bertz CT molecular complexity index is 7150. The molecule has 0 aliphatic heterocycles. The monoisotopic (exact) mass is 1420 g/mol. The molecule has 0 aliphatic rings. The molecule has 0 unspecified atom stereocenters. The van der Waals surface area contributed by atoms with E-state index in [1.54, 1.807) is 0 Å². The molecule has 0 aliphatic carbocycles. The molecule has 0 saturated heterocycles. The molecular formula is C100H64N6OSSi. The van der Waals surface area contributed by atoms with E-state index in [4.69, 9.17) is 24.4 Å². The number of benzene rings is 16. The van der Waals surface area contributed by atoms with Crippen molar-refractivity contribution in [2.45, 2.75) is 0 Å². The minimum Gasteiger partial charge on any atom is -0.456 e. The predicted molar refractivity (Wildman–Crippen MR) is 459 cm³/mol. The first-order valence-corrected chi connectivity index (χ1v) is 39.7. The molecule has 0 amide bonds. The highest BCUT2D eigenvalue weighted by molar-refractivity contribution is 7.26. The molecule has 6 heterocycles. The summed E-state index contributed by atoms with van der Waals surface area (Å²) >= 11 is 1.87. The van der Waals surface area contributed by atoms with Crippen molar-refractivity contribution in [2.24, 2.45) is 0 Å². The van der Waals surface area contributed by atoms with E-state index in [0.29, 0.717) is 5.82 Å². The molecule has 6 aromatic heterocycles. The zero-order chi connectivity index (χ0) is 71.9. The molecule has 0 atom stereocenters. The molecule has 16 aromatic carbocycles. The van der Waals surface area contributed by atoms with Gasteiger partial charge in [-0.2, -0.15) is 0 Å². The average Bonchev–Trinajstić information content (AvgIpc) is 1.74. The van der Waals surface area contributed by atoms with Gasteiger partial charge in [0.15, 0.2) is 19.7 Å². The third-order valence-corrected chi connectivity index (χ3v) is 27.7. The number of hydrogen-bond acceptors (Lipinski definition) is 6. The Morgan fingerprint density at radius 1 is 0.229 bits per heavy atom. The van der Waals surface area contributed by atoms with Crippen molar-refractivity contribution in [2.75, 3.05) is 0 Å². The Labute approximate surface area is 632 Å². The number of aromatic nitrogens is 6. The molecule has 7 nitrogen and oxygen atoms in total. The topological polar surface area (TPSA) is 74.6 Å². The van der Waals surface area contributed by atoms with Gasteiger partial charge in [-0.25, -0.2) is 19.9 Å². The molecule has 0 radical (unpaired) electrons. The minimum absolute atomic E-state index is 0.701. The standard InChI is InChI=1S/C56H37N3OSi.C44H27N3S/c1-5-17-38(18-6-1)55-46-26-13-15-27-50(46)57-56(58-55)39-29-31-40(32-30-39)59-51-34-33-44(35-47(51)48-37-54-49(36-52(48)59)45-25-14-16-28-53(45)60-54)61(41-19-7-2-8-20-41,42-21-9-3-10-22-42)43-23-11-4-12-24-43;1-3-11-28(12-4-1)31-21-24-39-35(25-31)36-27-42-37(33-15-8-10-18-41(33)48-42)26-40(36)47(39)32-22-19-30(20-23-32)44-45-38-17-9-7-16-34(38)43(46-44)29-13-5-2-6-14-29/h1-37H;1-27H. The van der Waals surface area contributed by atoms with Crippen LogP contribution >= 0.6 is 11.3 Å². The molecule has 0 saturated carbocycles. The van der Waals surface area contributed by atoms with Crippen molar-refractivity contribution in [1.82, 2.24) is 29.1 Å². The summed E-state index contributed by atoms with van der Waals surface area (Å²) in [4.78, 5) is 20.4. The second kappa shape index (κ2) is 26.3. The molecule has 109 heavy (non-hydrogen) atoms. The number of para-hydroxylation sites is 3. The normalized spacial score (nSPS) is 11.9. The van der Waals surface area contributed by atoms with E-state index in [1.807, 2.05) is 47.7 Å². The first-order chi connectivity index (χ1) is 54.0. The molecule has 510 valence electrons. The van der Waals surface area contributed by atoms with Crippen LogP contribution in [0.5, 0.6) is 0 Å². The molecule has 0 fully saturated rings. The highest BCUT2D eigenvalue weighted by atomic mass is 32.1. The minimum atomic E-state index is -2.80. The maximum Gasteiger partial charge on any atom is 0.179 e. The molecule has 9 heteroatoms. The van der Waals surface area contributed by atoms with Crippen LogP contribution in [-0.4, -0.2) is 37.1 Å². The van der Waals surface area contributed by atoms with Gasteiger partial charge in [0.05, 0.1) is 44.5 Å². The summed E-state index contributed by atoms with van der Waals surface area (Å²) < 4.78 is 14.0. The Kier molecular flexibility index (Phi) is 15.3. The summed E-state index contributed by atoms with van der Waals surface area (Å²) in [5, 5.41) is 17.1. The predicted octanol–water partition coefficient (Wildman–Crippen LogP) is 23.4. The van der Waals surface area contributed by atoms with E-state index in [1.165, 1.54) is 79.2 Å². The van der Waals surface area contributed by atoms with Crippen LogP contribution in [0.15, 0.2) is 393 Å². The second-order valence-corrected chi connectivity index (χ2v) is 32.8. The number of hydrogen-bond donors (Lipinski definition) is 0. The number of nitrogens with zero attached hydrogens (tertiary/aromatic N) is 6. The van der Waals surface area contributed by atoms with E-state index in [-0.39, 0.29) is 0 Å². The van der Waals surface area contributed by atoms with Crippen LogP contribution in [0.4, 0.5) is 0 Å². The molecular weight excluding hydrogens is 1360 g/mol. The first-order valence-electron chi connectivity index (χ1n) is 36.9. The van der Waals surface area contributed by atoms with E-state index in [9.17, 15) is 0 Å². The van der Waals surface area contributed by atoms with Crippen LogP contribution in [0.2, 0.25) is 0 Å². The summed E-state index contributed by atoms with van der Waals surface area (Å²) in [5.41, 5.74) is 18.9. The summed E-state index contributed by atoms with van der Waals surface area (Å²) in [7, 11) is -2.80. The van der Waals surface area contributed by atoms with Gasteiger partial charge < -0.3 is 13.6 Å². The summed E-state index contributed by atoms with van der Waals surface area (Å²) in [6.45, 7) is 0. The van der Waals surface area contributed by atoms with Crippen LogP contribution in [0.1, 0.15) is 0 Å². The van der Waals surface area contributed by atoms with Crippen LogP contribution in [0, 0.1) is 0 Å². The number of fused-ring (bicyclic) bond motifs is 14. The molecule has 0 N–H and O–H groups in total. The highest BCUT2D eigenvalue weighted by Crippen LogP contribution is 2.44. The van der Waals surface area contributed by atoms with Gasteiger partial charge in [0.2, 0.25) is 0 Å². The Morgan fingerprint density at radius 3 is 1.18 bits per heavy atom. The van der Waals surface area contributed by atoms with Crippen molar-refractivity contribution >= 4 is 148 Å². The smallest absolute Gasteiger partial charge is 0.179 e. The van der Waals surface area contributed by atoms with Crippen LogP contribution < -0.4 is 20.7 Å². The van der Waals surface area contributed by atoms with Gasteiger partial charge >= 0.3 is 0 Å². The van der Waals surface area contributed by atoms with Crippen LogP contribution in [0.3, 0.4) is 0 Å². The van der Waals surface area contributed by atoms with Gasteiger partial charge in [-0.1, -0.05) is 273 Å². The zero-order valence-electron chi connectivity index (χ0n) is 59.0. The zero-order valence-corrected chi connectivity index (χ0v) is 60.8. The van der Waals surface area contributed by atoms with Gasteiger partial charge in [0.25, 0.3) is 0 Å². The van der Waals surface area contributed by atoms with E-state index < -0.39 is 8.07 Å². The van der Waals surface area contributed by atoms with Gasteiger partial charge in [-0.15, -0.1) is 11.3 Å². The summed E-state index contributed by atoms with van der Waals surface area (Å²) in [6.07, 6.45) is 0. The summed E-state index contributed by atoms with van der Waals surface area (Å²) in [5.74, 6) is 1.42. The third kappa shape index (κ3) is 10.8. The number of thiophene rings is 1. The lowest BCUT2D eigenvalue weighted by Crippen LogP contribution is -2.74. The lowest BCUT2D eigenvalue weighted by Gasteiger charge is -2.34. The van der Waals surface area contributed by atoms with Crippen molar-refractivity contribution in [3.8, 4) is 67.8 Å². The lowest BCUT2D eigenvalue weighted by molar-refractivity contribution is 0.669. The van der Waals surface area contributed by atoms with E-state index >= 15 is 0 Å². The van der Waals surface area contributed by atoms with E-state index in [2.05, 4.69) is 361 Å². The molecule has 0 spiro atoms. The van der Waals surface area contributed by atoms with Gasteiger partial charge in [-0.05, 0) is 147 Å². The summed E-state index contributed by atoms with van der Waals surface area (Å²) in [6, 6.07) is 139. The Balaban J connectivity index is 0.000000143. The van der Waals surface area contributed by atoms with Crippen LogP contribution in [0.25, 0.3) is 175 Å². The average molecular weight is 1430 g/mol. The molecule has 0 bridgehead atoms. The van der Waals surface area contributed by atoms with Crippen molar-refractivity contribution in [3.63, 3.8) is 0 Å². The maximum atomic E-state index is 6.55. The second-order valence-electron chi connectivity index (χ2n) is 27.9. The van der Waals surface area contributed by atoms with Crippen molar-refractivity contribution in [1.29, 1.82) is 0 Å². The number of rotatable bonds is 11. The van der Waals surface area contributed by atoms with Crippen LogP contribution in [-0.2, 0) is 0 Å². The largest absolute Gasteiger partial charge is 0.456 e. The fraction of sp³-hybridized carbons (Fsp3) is 0. The maximum absolute atomic E-state index is 6.55. The van der Waals surface area contributed by atoms with Crippen molar-refractivity contribution in [3.05, 3.63) is 388 Å². The highest BCUT2D eigenvalue weighted by Gasteiger charge is 2.42. The van der Waals surface area contributed by atoms with Crippen molar-refractivity contribution < 1.29 is 4.42 Å². The Hall–Kier alpha value is -14.0. The first kappa shape index (κ1) is 63.5. The fourth-order valence-electron chi connectivity index (χ4n) is 16.7. The fourth-order valence-corrected chi connectivity index (χ4v) is 22.6.